The van der Waals surface area contributed by atoms with E-state index >= 15 is 0 Å². The molecule has 0 nitrogen and oxygen atoms in total. The first-order valence-electron chi connectivity index (χ1n) is 5.19. The van der Waals surface area contributed by atoms with Gasteiger partial charge in [-0.15, -0.1) is 11.6 Å². The Morgan fingerprint density at radius 2 is 1.93 bits per heavy atom. The van der Waals surface area contributed by atoms with Crippen LogP contribution < -0.4 is 0 Å². The fourth-order valence-electron chi connectivity index (χ4n) is 2.29. The van der Waals surface area contributed by atoms with Crippen LogP contribution in [0.2, 0.25) is 0 Å². The minimum absolute atomic E-state index is 0.639. The number of fused-ring (bicyclic) bond motifs is 1. The van der Waals surface area contributed by atoms with Crippen LogP contribution in [0.4, 0.5) is 0 Å². The molecule has 1 aliphatic carbocycles. The van der Waals surface area contributed by atoms with E-state index in [1.807, 2.05) is 6.08 Å². The van der Waals surface area contributed by atoms with Crippen LogP contribution in [-0.2, 0) is 18.7 Å². The molecule has 1 aromatic carbocycles. The van der Waals surface area contributed by atoms with Crippen LogP contribution in [0, 0.1) is 0 Å². The Balaban J connectivity index is 2.55. The second kappa shape index (κ2) is 4.18. The Morgan fingerprint density at radius 3 is 2.57 bits per heavy atom. The number of benzene rings is 1. The van der Waals surface area contributed by atoms with Crippen LogP contribution in [0.25, 0.3) is 6.08 Å². The second-order valence-electron chi connectivity index (χ2n) is 3.82. The topological polar surface area (TPSA) is 0 Å². The molecule has 1 aromatic rings. The lowest BCUT2D eigenvalue weighted by molar-refractivity contribution is 0.680. The SMILES string of the molecule is C=Cc1ccc(CCl)c2c1CCCC2. The van der Waals surface area contributed by atoms with Crippen molar-refractivity contribution in [3.05, 3.63) is 41.0 Å². The minimum Gasteiger partial charge on any atom is -0.122 e. The lowest BCUT2D eigenvalue weighted by Crippen LogP contribution is -2.07. The largest absolute Gasteiger partial charge is 0.122 e. The summed E-state index contributed by atoms with van der Waals surface area (Å²) in [6.07, 6.45) is 6.96. The van der Waals surface area contributed by atoms with Crippen LogP contribution in [0.15, 0.2) is 18.7 Å². The van der Waals surface area contributed by atoms with E-state index in [-0.39, 0.29) is 0 Å². The smallest absolute Gasteiger partial charge is 0.0476 e. The van der Waals surface area contributed by atoms with Gasteiger partial charge in [0, 0.05) is 5.88 Å². The van der Waals surface area contributed by atoms with Gasteiger partial charge in [-0.3, -0.25) is 0 Å². The van der Waals surface area contributed by atoms with Gasteiger partial charge in [0.1, 0.15) is 0 Å². The third-order valence-electron chi connectivity index (χ3n) is 3.03. The minimum atomic E-state index is 0.639. The maximum atomic E-state index is 5.93. The van der Waals surface area contributed by atoms with E-state index in [1.165, 1.54) is 47.9 Å². The lowest BCUT2D eigenvalue weighted by atomic mass is 9.85. The average Bonchev–Trinajstić information content (AvgIpc) is 2.27. The molecular formula is C13H15Cl. The molecule has 0 saturated carbocycles. The van der Waals surface area contributed by atoms with Crippen molar-refractivity contribution in [1.29, 1.82) is 0 Å². The van der Waals surface area contributed by atoms with Gasteiger partial charge in [-0.2, -0.15) is 0 Å². The van der Waals surface area contributed by atoms with E-state index < -0.39 is 0 Å². The average molecular weight is 207 g/mol. The highest BCUT2D eigenvalue weighted by atomic mass is 35.5. The summed E-state index contributed by atoms with van der Waals surface area (Å²) in [7, 11) is 0. The maximum absolute atomic E-state index is 5.93. The third-order valence-corrected chi connectivity index (χ3v) is 3.32. The van der Waals surface area contributed by atoms with Crippen LogP contribution in [0.5, 0.6) is 0 Å². The molecule has 0 radical (unpaired) electrons. The molecule has 74 valence electrons. The van der Waals surface area contributed by atoms with Crippen molar-refractivity contribution in [2.45, 2.75) is 31.6 Å². The molecular weight excluding hydrogens is 192 g/mol. The summed E-state index contributed by atoms with van der Waals surface area (Å²) < 4.78 is 0. The molecule has 0 bridgehead atoms. The van der Waals surface area contributed by atoms with Crippen molar-refractivity contribution in [3.63, 3.8) is 0 Å². The van der Waals surface area contributed by atoms with Gasteiger partial charge in [-0.25, -0.2) is 0 Å². The fourth-order valence-corrected chi connectivity index (χ4v) is 2.54. The normalized spacial score (nSPS) is 14.9. The Labute approximate surface area is 90.6 Å². The Morgan fingerprint density at radius 1 is 1.21 bits per heavy atom. The molecule has 2 rings (SSSR count). The zero-order chi connectivity index (χ0) is 9.97. The summed E-state index contributed by atoms with van der Waals surface area (Å²) in [5.41, 5.74) is 5.59. The summed E-state index contributed by atoms with van der Waals surface area (Å²) in [5.74, 6) is 0.639. The van der Waals surface area contributed by atoms with E-state index in [2.05, 4.69) is 18.7 Å². The lowest BCUT2D eigenvalue weighted by Gasteiger charge is -2.20. The van der Waals surface area contributed by atoms with Gasteiger partial charge in [0.05, 0.1) is 0 Å². The van der Waals surface area contributed by atoms with Gasteiger partial charge in [-0.05, 0) is 47.9 Å². The summed E-state index contributed by atoms with van der Waals surface area (Å²) in [5, 5.41) is 0. The first kappa shape index (κ1) is 9.79. The number of alkyl halides is 1. The van der Waals surface area contributed by atoms with Gasteiger partial charge in [0.2, 0.25) is 0 Å². The molecule has 1 heteroatoms. The summed E-state index contributed by atoms with van der Waals surface area (Å²) in [4.78, 5) is 0. The van der Waals surface area contributed by atoms with Gasteiger partial charge in [0.15, 0.2) is 0 Å². The molecule has 0 unspecified atom stereocenters. The van der Waals surface area contributed by atoms with E-state index in [0.717, 1.165) is 0 Å². The van der Waals surface area contributed by atoms with Gasteiger partial charge in [-0.1, -0.05) is 24.8 Å². The maximum Gasteiger partial charge on any atom is 0.0476 e. The predicted octanol–water partition coefficient (Wildman–Crippen LogP) is 3.95. The molecule has 0 amide bonds. The summed E-state index contributed by atoms with van der Waals surface area (Å²) >= 11 is 5.93. The monoisotopic (exact) mass is 206 g/mol. The molecule has 0 spiro atoms. The number of halogens is 1. The molecule has 0 aliphatic heterocycles. The number of rotatable bonds is 2. The molecule has 0 atom stereocenters. The third kappa shape index (κ3) is 1.59. The first-order chi connectivity index (χ1) is 6.86. The fraction of sp³-hybridized carbons (Fsp3) is 0.385. The molecule has 1 aliphatic rings. The quantitative estimate of drug-likeness (QED) is 0.643. The Kier molecular flexibility index (Phi) is 2.93. The van der Waals surface area contributed by atoms with Crippen LogP contribution in [-0.4, -0.2) is 0 Å². The second-order valence-corrected chi connectivity index (χ2v) is 4.08. The predicted molar refractivity (Wildman–Crippen MR) is 62.7 cm³/mol. The Bertz CT molecular complexity index is 352. The molecule has 0 aromatic heterocycles. The molecule has 14 heavy (non-hydrogen) atoms. The van der Waals surface area contributed by atoms with Crippen molar-refractivity contribution in [3.8, 4) is 0 Å². The summed E-state index contributed by atoms with van der Waals surface area (Å²) in [6, 6.07) is 4.29. The Hall–Kier alpha value is -0.750. The molecule has 0 N–H and O–H groups in total. The van der Waals surface area contributed by atoms with E-state index in [1.54, 1.807) is 0 Å². The van der Waals surface area contributed by atoms with Crippen molar-refractivity contribution in [2.24, 2.45) is 0 Å². The van der Waals surface area contributed by atoms with E-state index in [9.17, 15) is 0 Å². The number of hydrogen-bond acceptors (Lipinski definition) is 0. The zero-order valence-corrected chi connectivity index (χ0v) is 9.11. The molecule has 0 heterocycles. The van der Waals surface area contributed by atoms with E-state index in [4.69, 9.17) is 11.6 Å². The summed E-state index contributed by atoms with van der Waals surface area (Å²) in [6.45, 7) is 3.86. The van der Waals surface area contributed by atoms with Crippen LogP contribution in [0.3, 0.4) is 0 Å². The van der Waals surface area contributed by atoms with Crippen molar-refractivity contribution >= 4 is 17.7 Å². The standard InChI is InChI=1S/C13H15Cl/c1-2-10-7-8-11(9-14)13-6-4-3-5-12(10)13/h2,7-8H,1,3-6,9H2. The van der Waals surface area contributed by atoms with Crippen molar-refractivity contribution < 1.29 is 0 Å². The molecule has 0 fully saturated rings. The van der Waals surface area contributed by atoms with Gasteiger partial charge < -0.3 is 0 Å². The first-order valence-corrected chi connectivity index (χ1v) is 5.72. The van der Waals surface area contributed by atoms with Crippen LogP contribution >= 0.6 is 11.6 Å². The number of hydrogen-bond donors (Lipinski definition) is 0. The highest BCUT2D eigenvalue weighted by Gasteiger charge is 2.14. The van der Waals surface area contributed by atoms with Crippen molar-refractivity contribution in [2.75, 3.05) is 0 Å². The van der Waals surface area contributed by atoms with Crippen molar-refractivity contribution in [1.82, 2.24) is 0 Å². The van der Waals surface area contributed by atoms with Gasteiger partial charge in [0.25, 0.3) is 0 Å². The van der Waals surface area contributed by atoms with Crippen LogP contribution in [0.1, 0.15) is 35.1 Å². The zero-order valence-electron chi connectivity index (χ0n) is 8.35. The van der Waals surface area contributed by atoms with Gasteiger partial charge >= 0.3 is 0 Å². The highest BCUT2D eigenvalue weighted by molar-refractivity contribution is 6.17. The highest BCUT2D eigenvalue weighted by Crippen LogP contribution is 2.29. The molecule has 0 saturated heterocycles. The van der Waals surface area contributed by atoms with E-state index in [0.29, 0.717) is 5.88 Å².